The van der Waals surface area contributed by atoms with Crippen molar-refractivity contribution in [2.24, 2.45) is 0 Å². The first-order valence-electron chi connectivity index (χ1n) is 8.19. The minimum atomic E-state index is -0.973. The van der Waals surface area contributed by atoms with E-state index in [4.69, 9.17) is 0 Å². The Morgan fingerprint density at radius 1 is 1.25 bits per heavy atom. The summed E-state index contributed by atoms with van der Waals surface area (Å²) in [6, 6.07) is 3.09. The first kappa shape index (κ1) is 16.7. The molecular weight excluding hydrogens is 311 g/mol. The first-order chi connectivity index (χ1) is 11.1. The Kier molecular flexibility index (Phi) is 3.62. The lowest BCUT2D eigenvalue weighted by atomic mass is 9.68. The molecule has 3 rings (SSSR count). The van der Waals surface area contributed by atoms with Crippen LogP contribution in [0.1, 0.15) is 44.7 Å². The number of hydrogen-bond donors (Lipinski definition) is 1. The van der Waals surface area contributed by atoms with E-state index in [-0.39, 0.29) is 24.8 Å². The molecular formula is C18H23FN2O3. The first-order valence-corrected chi connectivity index (χ1v) is 8.19. The van der Waals surface area contributed by atoms with Crippen LogP contribution < -0.4 is 4.90 Å². The van der Waals surface area contributed by atoms with E-state index in [1.165, 1.54) is 11.0 Å². The van der Waals surface area contributed by atoms with Gasteiger partial charge < -0.3 is 14.9 Å². The van der Waals surface area contributed by atoms with Crippen LogP contribution in [0.5, 0.6) is 0 Å². The molecule has 6 heteroatoms. The Balaban J connectivity index is 2.18. The number of likely N-dealkylation sites (tertiary alicyclic amines) is 1. The number of benzene rings is 1. The summed E-state index contributed by atoms with van der Waals surface area (Å²) >= 11 is 0. The van der Waals surface area contributed by atoms with Crippen molar-refractivity contribution in [2.75, 3.05) is 25.0 Å². The Bertz CT molecular complexity index is 716. The van der Waals surface area contributed by atoms with Crippen molar-refractivity contribution in [3.8, 4) is 0 Å². The van der Waals surface area contributed by atoms with Crippen molar-refractivity contribution in [1.29, 1.82) is 0 Å². The van der Waals surface area contributed by atoms with Crippen molar-refractivity contribution < 1.29 is 19.1 Å². The van der Waals surface area contributed by atoms with Gasteiger partial charge in [-0.05, 0) is 41.5 Å². The number of halogens is 1. The summed E-state index contributed by atoms with van der Waals surface area (Å²) in [4.78, 5) is 27.2. The van der Waals surface area contributed by atoms with Crippen molar-refractivity contribution in [3.05, 3.63) is 29.1 Å². The van der Waals surface area contributed by atoms with Gasteiger partial charge in [0.15, 0.2) is 0 Å². The fourth-order valence-corrected chi connectivity index (χ4v) is 4.14. The molecule has 2 aliphatic heterocycles. The van der Waals surface area contributed by atoms with E-state index in [0.29, 0.717) is 18.4 Å². The molecule has 1 fully saturated rings. The van der Waals surface area contributed by atoms with Crippen molar-refractivity contribution >= 4 is 17.7 Å². The average molecular weight is 334 g/mol. The maximum atomic E-state index is 14.7. The van der Waals surface area contributed by atoms with Crippen LogP contribution >= 0.6 is 0 Å². The van der Waals surface area contributed by atoms with Gasteiger partial charge in [-0.2, -0.15) is 0 Å². The fraction of sp³-hybridized carbons (Fsp3) is 0.556. The van der Waals surface area contributed by atoms with Gasteiger partial charge in [0.05, 0.1) is 5.41 Å². The zero-order chi connectivity index (χ0) is 17.9. The average Bonchev–Trinajstić information content (AvgIpc) is 2.69. The Labute approximate surface area is 141 Å². The third-order valence-corrected chi connectivity index (χ3v) is 5.32. The number of amides is 2. The van der Waals surface area contributed by atoms with E-state index >= 15 is 0 Å². The monoisotopic (exact) mass is 334 g/mol. The SMILES string of the molecule is CN1C(=O)C2(CCN(C(=O)O)CC2)c2c1ccc(F)c2C(C)(C)C. The molecule has 1 aromatic carbocycles. The van der Waals surface area contributed by atoms with Gasteiger partial charge in [-0.1, -0.05) is 20.8 Å². The van der Waals surface area contributed by atoms with Gasteiger partial charge in [0.25, 0.3) is 0 Å². The van der Waals surface area contributed by atoms with E-state index in [0.717, 1.165) is 11.3 Å². The Morgan fingerprint density at radius 2 is 1.83 bits per heavy atom. The second-order valence-corrected chi connectivity index (χ2v) is 7.78. The molecule has 2 amide bonds. The molecule has 2 aliphatic rings. The number of nitrogens with zero attached hydrogens (tertiary/aromatic N) is 2. The lowest BCUT2D eigenvalue weighted by Crippen LogP contribution is -2.49. The number of likely N-dealkylation sites (N-methyl/N-ethyl adjacent to an activating group) is 1. The fourth-order valence-electron chi connectivity index (χ4n) is 4.14. The van der Waals surface area contributed by atoms with E-state index < -0.39 is 16.9 Å². The number of carbonyl (C=O) groups is 2. The zero-order valence-corrected chi connectivity index (χ0v) is 14.5. The number of carbonyl (C=O) groups excluding carboxylic acids is 1. The van der Waals surface area contributed by atoms with Crippen LogP contribution in [0.4, 0.5) is 14.9 Å². The molecule has 0 aliphatic carbocycles. The highest BCUT2D eigenvalue weighted by molar-refractivity contribution is 6.08. The smallest absolute Gasteiger partial charge is 0.407 e. The van der Waals surface area contributed by atoms with Crippen molar-refractivity contribution in [1.82, 2.24) is 4.90 Å². The third kappa shape index (κ3) is 2.19. The van der Waals surface area contributed by atoms with E-state index in [9.17, 15) is 19.1 Å². The molecule has 0 bridgehead atoms. The lowest BCUT2D eigenvalue weighted by molar-refractivity contribution is -0.124. The molecule has 0 saturated carbocycles. The Morgan fingerprint density at radius 3 is 2.33 bits per heavy atom. The van der Waals surface area contributed by atoms with E-state index in [1.54, 1.807) is 18.0 Å². The number of hydrogen-bond acceptors (Lipinski definition) is 2. The van der Waals surface area contributed by atoms with E-state index in [1.807, 2.05) is 20.8 Å². The normalized spacial score (nSPS) is 19.8. The maximum Gasteiger partial charge on any atom is 0.407 e. The number of piperidine rings is 1. The van der Waals surface area contributed by atoms with E-state index in [2.05, 4.69) is 0 Å². The highest BCUT2D eigenvalue weighted by Gasteiger charge is 2.54. The lowest BCUT2D eigenvalue weighted by Gasteiger charge is -2.39. The Hall–Kier alpha value is -2.11. The summed E-state index contributed by atoms with van der Waals surface area (Å²) in [5.74, 6) is -0.358. The van der Waals surface area contributed by atoms with Gasteiger partial charge in [-0.15, -0.1) is 0 Å². The molecule has 0 aromatic heterocycles. The van der Waals surface area contributed by atoms with Crippen molar-refractivity contribution in [3.63, 3.8) is 0 Å². The van der Waals surface area contributed by atoms with Gasteiger partial charge in [0.2, 0.25) is 5.91 Å². The number of anilines is 1. The predicted octanol–water partition coefficient (Wildman–Crippen LogP) is 3.11. The van der Waals surface area contributed by atoms with Crippen LogP contribution in [-0.2, 0) is 15.6 Å². The predicted molar refractivity (Wildman–Crippen MR) is 89.0 cm³/mol. The summed E-state index contributed by atoms with van der Waals surface area (Å²) in [7, 11) is 1.71. The minimum Gasteiger partial charge on any atom is -0.465 e. The van der Waals surface area contributed by atoms with Gasteiger partial charge >= 0.3 is 6.09 Å². The summed E-state index contributed by atoms with van der Waals surface area (Å²) in [6.45, 7) is 6.39. The molecule has 1 N–H and O–H groups in total. The van der Waals surface area contributed by atoms with Crippen LogP contribution in [0.2, 0.25) is 0 Å². The summed E-state index contributed by atoms with van der Waals surface area (Å²) in [5.41, 5.74) is 0.808. The molecule has 130 valence electrons. The third-order valence-electron chi connectivity index (χ3n) is 5.32. The summed E-state index contributed by atoms with van der Waals surface area (Å²) < 4.78 is 14.7. The van der Waals surface area contributed by atoms with Gasteiger partial charge in [0.1, 0.15) is 5.82 Å². The maximum absolute atomic E-state index is 14.7. The zero-order valence-electron chi connectivity index (χ0n) is 14.5. The van der Waals surface area contributed by atoms with Crippen LogP contribution in [0, 0.1) is 5.82 Å². The largest absolute Gasteiger partial charge is 0.465 e. The molecule has 1 saturated heterocycles. The van der Waals surface area contributed by atoms with Crippen LogP contribution in [0.3, 0.4) is 0 Å². The number of fused-ring (bicyclic) bond motifs is 2. The van der Waals surface area contributed by atoms with Crippen LogP contribution in [0.25, 0.3) is 0 Å². The van der Waals surface area contributed by atoms with Crippen LogP contribution in [0.15, 0.2) is 12.1 Å². The molecule has 0 atom stereocenters. The van der Waals surface area contributed by atoms with Gasteiger partial charge in [0, 0.05) is 25.8 Å². The topological polar surface area (TPSA) is 60.9 Å². The summed E-state index contributed by atoms with van der Waals surface area (Å²) in [5, 5.41) is 9.18. The number of carboxylic acid groups (broad SMARTS) is 1. The number of rotatable bonds is 0. The molecule has 0 unspecified atom stereocenters. The molecule has 2 heterocycles. The highest BCUT2D eigenvalue weighted by Crippen LogP contribution is 2.51. The van der Waals surface area contributed by atoms with Crippen molar-refractivity contribution in [2.45, 2.75) is 44.4 Å². The second kappa shape index (κ2) is 5.19. The molecule has 1 aromatic rings. The minimum absolute atomic E-state index is 0.0568. The van der Waals surface area contributed by atoms with Gasteiger partial charge in [-0.3, -0.25) is 4.79 Å². The molecule has 0 radical (unpaired) electrons. The highest BCUT2D eigenvalue weighted by atomic mass is 19.1. The standard InChI is InChI=1S/C18H23FN2O3/c1-17(2,3)13-11(19)5-6-12-14(13)18(15(22)20(12)4)7-9-21(10-8-18)16(23)24/h5-6H,7-10H2,1-4H3,(H,23,24). The summed E-state index contributed by atoms with van der Waals surface area (Å²) in [6.07, 6.45) is -0.191. The quantitative estimate of drug-likeness (QED) is 0.793. The van der Waals surface area contributed by atoms with Crippen LogP contribution in [-0.4, -0.2) is 42.1 Å². The molecule has 24 heavy (non-hydrogen) atoms. The second-order valence-electron chi connectivity index (χ2n) is 7.78. The van der Waals surface area contributed by atoms with Gasteiger partial charge in [-0.25, -0.2) is 9.18 Å². The molecule has 1 spiro atoms. The molecule has 5 nitrogen and oxygen atoms in total.